The number of fused-ring (bicyclic) bond motifs is 1. The molecule has 3 rings (SSSR count). The molecule has 120 valence electrons. The molecule has 1 aromatic heterocycles. The summed E-state index contributed by atoms with van der Waals surface area (Å²) in [6, 6.07) is 11.9. The van der Waals surface area contributed by atoms with Gasteiger partial charge in [-0.15, -0.1) is 11.3 Å². The van der Waals surface area contributed by atoms with E-state index < -0.39 is 0 Å². The van der Waals surface area contributed by atoms with Gasteiger partial charge in [0.2, 0.25) is 11.8 Å². The third-order valence-electron chi connectivity index (χ3n) is 4.24. The minimum Gasteiger partial charge on any atom is -0.351 e. The maximum absolute atomic E-state index is 12.3. The number of benzene rings is 1. The van der Waals surface area contributed by atoms with Gasteiger partial charge in [-0.25, -0.2) is 0 Å². The maximum atomic E-state index is 12.3. The Labute approximate surface area is 140 Å². The number of thiophene rings is 1. The molecule has 1 atom stereocenters. The van der Waals surface area contributed by atoms with Crippen LogP contribution >= 0.6 is 11.3 Å². The van der Waals surface area contributed by atoms with Gasteiger partial charge in [-0.3, -0.25) is 9.59 Å². The molecule has 2 aromatic rings. The summed E-state index contributed by atoms with van der Waals surface area (Å²) in [5.74, 6) is 0.00177. The predicted molar refractivity (Wildman–Crippen MR) is 91.1 cm³/mol. The molecule has 1 N–H and O–H groups in total. The first-order valence-corrected chi connectivity index (χ1v) is 8.67. The highest BCUT2D eigenvalue weighted by Gasteiger charge is 2.30. The van der Waals surface area contributed by atoms with Crippen LogP contribution in [0.4, 0.5) is 0 Å². The molecule has 0 fully saturated rings. The lowest BCUT2D eigenvalue weighted by Crippen LogP contribution is -2.41. The average Bonchev–Trinajstić information content (AvgIpc) is 3.06. The summed E-state index contributed by atoms with van der Waals surface area (Å²) in [6.45, 7) is 2.80. The van der Waals surface area contributed by atoms with Crippen molar-refractivity contribution in [1.82, 2.24) is 10.2 Å². The Morgan fingerprint density at radius 3 is 2.83 bits per heavy atom. The predicted octanol–water partition coefficient (Wildman–Crippen LogP) is 2.90. The van der Waals surface area contributed by atoms with Gasteiger partial charge < -0.3 is 10.2 Å². The SMILES string of the molecule is CC(=O)N1CCc2ccccc2C1CC(=O)NCc1cccs1. The fraction of sp³-hybridized carbons (Fsp3) is 0.333. The van der Waals surface area contributed by atoms with Crippen molar-refractivity contribution in [2.24, 2.45) is 0 Å². The van der Waals surface area contributed by atoms with Gasteiger partial charge in [-0.05, 0) is 29.0 Å². The molecule has 0 saturated carbocycles. The van der Waals surface area contributed by atoms with Gasteiger partial charge in [-0.2, -0.15) is 0 Å². The summed E-state index contributed by atoms with van der Waals surface area (Å²) >= 11 is 1.63. The molecule has 0 spiro atoms. The van der Waals surface area contributed by atoms with Crippen LogP contribution in [0.25, 0.3) is 0 Å². The molecule has 0 saturated heterocycles. The van der Waals surface area contributed by atoms with Gasteiger partial charge in [0, 0.05) is 18.3 Å². The summed E-state index contributed by atoms with van der Waals surface area (Å²) in [7, 11) is 0. The summed E-state index contributed by atoms with van der Waals surface area (Å²) < 4.78 is 0. The van der Waals surface area contributed by atoms with Crippen LogP contribution in [0.15, 0.2) is 41.8 Å². The van der Waals surface area contributed by atoms with Gasteiger partial charge in [0.15, 0.2) is 0 Å². The Balaban J connectivity index is 1.72. The molecule has 4 nitrogen and oxygen atoms in total. The second kappa shape index (κ2) is 6.96. The van der Waals surface area contributed by atoms with Crippen LogP contribution in [0.2, 0.25) is 0 Å². The largest absolute Gasteiger partial charge is 0.351 e. The van der Waals surface area contributed by atoms with E-state index in [0.29, 0.717) is 19.5 Å². The molecule has 1 unspecified atom stereocenters. The number of carbonyl (C=O) groups is 2. The van der Waals surface area contributed by atoms with E-state index in [4.69, 9.17) is 0 Å². The highest BCUT2D eigenvalue weighted by Crippen LogP contribution is 2.32. The number of hydrogen-bond donors (Lipinski definition) is 1. The summed E-state index contributed by atoms with van der Waals surface area (Å²) in [4.78, 5) is 27.2. The Hall–Kier alpha value is -2.14. The molecule has 2 amide bonds. The third kappa shape index (κ3) is 3.62. The van der Waals surface area contributed by atoms with Crippen LogP contribution in [0.3, 0.4) is 0 Å². The molecule has 23 heavy (non-hydrogen) atoms. The molecule has 0 radical (unpaired) electrons. The highest BCUT2D eigenvalue weighted by atomic mass is 32.1. The van der Waals surface area contributed by atoms with Gasteiger partial charge >= 0.3 is 0 Å². The number of nitrogens with one attached hydrogen (secondary N) is 1. The van der Waals surface area contributed by atoms with Crippen molar-refractivity contribution in [1.29, 1.82) is 0 Å². The number of carbonyl (C=O) groups excluding carboxylic acids is 2. The molecule has 1 aromatic carbocycles. The van der Waals surface area contributed by atoms with E-state index in [9.17, 15) is 9.59 Å². The summed E-state index contributed by atoms with van der Waals surface area (Å²) in [5, 5.41) is 4.95. The Morgan fingerprint density at radius 2 is 2.09 bits per heavy atom. The van der Waals surface area contributed by atoms with E-state index in [-0.39, 0.29) is 17.9 Å². The first-order chi connectivity index (χ1) is 11.1. The van der Waals surface area contributed by atoms with Gasteiger partial charge in [0.1, 0.15) is 0 Å². The molecule has 5 heteroatoms. The number of hydrogen-bond acceptors (Lipinski definition) is 3. The number of nitrogens with zero attached hydrogens (tertiary/aromatic N) is 1. The lowest BCUT2D eigenvalue weighted by molar-refractivity contribution is -0.133. The number of rotatable bonds is 4. The minimum atomic E-state index is -0.166. The zero-order valence-electron chi connectivity index (χ0n) is 13.1. The van der Waals surface area contributed by atoms with Crippen molar-refractivity contribution in [2.75, 3.05) is 6.54 Å². The molecule has 0 bridgehead atoms. The fourth-order valence-electron chi connectivity index (χ4n) is 3.10. The zero-order chi connectivity index (χ0) is 16.2. The van der Waals surface area contributed by atoms with Crippen LogP contribution in [0, 0.1) is 0 Å². The van der Waals surface area contributed by atoms with Crippen LogP contribution in [-0.2, 0) is 22.6 Å². The van der Waals surface area contributed by atoms with Crippen molar-refractivity contribution in [3.8, 4) is 0 Å². The normalized spacial score (nSPS) is 16.7. The van der Waals surface area contributed by atoms with E-state index in [1.807, 2.05) is 40.6 Å². The molecule has 2 heterocycles. The number of amides is 2. The van der Waals surface area contributed by atoms with E-state index >= 15 is 0 Å². The van der Waals surface area contributed by atoms with Gasteiger partial charge in [0.25, 0.3) is 0 Å². The lowest BCUT2D eigenvalue weighted by atomic mass is 9.90. The zero-order valence-corrected chi connectivity index (χ0v) is 13.9. The topological polar surface area (TPSA) is 49.4 Å². The van der Waals surface area contributed by atoms with Crippen LogP contribution in [-0.4, -0.2) is 23.3 Å². The third-order valence-corrected chi connectivity index (χ3v) is 5.11. The van der Waals surface area contributed by atoms with Gasteiger partial charge in [-0.1, -0.05) is 30.3 Å². The Bertz CT molecular complexity index is 697. The van der Waals surface area contributed by atoms with E-state index in [1.54, 1.807) is 18.3 Å². The average molecular weight is 328 g/mol. The summed E-state index contributed by atoms with van der Waals surface area (Å²) in [6.07, 6.45) is 1.16. The quantitative estimate of drug-likeness (QED) is 0.938. The molecule has 0 aliphatic carbocycles. The van der Waals surface area contributed by atoms with E-state index in [0.717, 1.165) is 16.9 Å². The Morgan fingerprint density at radius 1 is 1.26 bits per heavy atom. The van der Waals surface area contributed by atoms with Crippen molar-refractivity contribution in [2.45, 2.75) is 32.4 Å². The minimum absolute atomic E-state index is 0.0219. The van der Waals surface area contributed by atoms with Crippen molar-refractivity contribution < 1.29 is 9.59 Å². The standard InChI is InChI=1S/C18H20N2O2S/c1-13(21)20-9-8-14-5-2-3-7-16(14)17(20)11-18(22)19-12-15-6-4-10-23-15/h2-7,10,17H,8-9,11-12H2,1H3,(H,19,22). The molecule has 1 aliphatic heterocycles. The van der Waals surface area contributed by atoms with Crippen molar-refractivity contribution in [3.63, 3.8) is 0 Å². The second-order valence-corrected chi connectivity index (χ2v) is 6.77. The van der Waals surface area contributed by atoms with Gasteiger partial charge in [0.05, 0.1) is 19.0 Å². The van der Waals surface area contributed by atoms with Crippen LogP contribution < -0.4 is 5.32 Å². The van der Waals surface area contributed by atoms with E-state index in [2.05, 4.69) is 11.4 Å². The van der Waals surface area contributed by atoms with Crippen LogP contribution in [0.5, 0.6) is 0 Å². The van der Waals surface area contributed by atoms with E-state index in [1.165, 1.54) is 5.56 Å². The van der Waals surface area contributed by atoms with Crippen molar-refractivity contribution in [3.05, 3.63) is 57.8 Å². The maximum Gasteiger partial charge on any atom is 0.222 e. The molecular formula is C18H20N2O2S. The van der Waals surface area contributed by atoms with Crippen molar-refractivity contribution >= 4 is 23.2 Å². The smallest absolute Gasteiger partial charge is 0.222 e. The second-order valence-electron chi connectivity index (χ2n) is 5.74. The Kier molecular flexibility index (Phi) is 4.76. The first-order valence-electron chi connectivity index (χ1n) is 7.79. The van der Waals surface area contributed by atoms with Crippen LogP contribution in [0.1, 0.15) is 35.4 Å². The fourth-order valence-corrected chi connectivity index (χ4v) is 3.74. The molecular weight excluding hydrogens is 308 g/mol. The summed E-state index contributed by atoms with van der Waals surface area (Å²) in [5.41, 5.74) is 2.33. The molecule has 1 aliphatic rings. The lowest BCUT2D eigenvalue weighted by Gasteiger charge is -2.36. The highest BCUT2D eigenvalue weighted by molar-refractivity contribution is 7.09. The monoisotopic (exact) mass is 328 g/mol. The first kappa shape index (κ1) is 15.7.